The Kier molecular flexibility index (Phi) is 8.53. The van der Waals surface area contributed by atoms with Crippen molar-refractivity contribution in [1.29, 1.82) is 0 Å². The van der Waals surface area contributed by atoms with Gasteiger partial charge in [0.2, 0.25) is 0 Å². The van der Waals surface area contributed by atoms with Gasteiger partial charge in [0.1, 0.15) is 6.61 Å². The molecule has 1 aliphatic rings. The van der Waals surface area contributed by atoms with Gasteiger partial charge in [0.15, 0.2) is 11.5 Å². The van der Waals surface area contributed by atoms with Crippen molar-refractivity contribution in [3.8, 4) is 11.5 Å². The highest BCUT2D eigenvalue weighted by molar-refractivity contribution is 5.94. The first-order chi connectivity index (χ1) is 15.1. The first-order valence-corrected chi connectivity index (χ1v) is 11.1. The quantitative estimate of drug-likeness (QED) is 0.506. The molecule has 0 aromatic heterocycles. The molecule has 1 atom stereocenters. The summed E-state index contributed by atoms with van der Waals surface area (Å²) in [7, 11) is 1.59. The normalized spacial score (nSPS) is 14.5. The third-order valence-electron chi connectivity index (χ3n) is 5.69. The lowest BCUT2D eigenvalue weighted by Crippen LogP contribution is -2.24. The fraction of sp³-hybridized carbons (Fsp3) is 0.423. The van der Waals surface area contributed by atoms with Gasteiger partial charge in [-0.25, -0.2) is 0 Å². The first kappa shape index (κ1) is 22.9. The van der Waals surface area contributed by atoms with Gasteiger partial charge in [0, 0.05) is 12.1 Å². The molecule has 166 valence electrons. The highest BCUT2D eigenvalue weighted by Gasteiger charge is 2.11. The minimum Gasteiger partial charge on any atom is -0.493 e. The number of hydrogen-bond acceptors (Lipinski definition) is 4. The van der Waals surface area contributed by atoms with Crippen molar-refractivity contribution in [2.24, 2.45) is 0 Å². The van der Waals surface area contributed by atoms with Crippen LogP contribution in [-0.2, 0) is 6.61 Å². The van der Waals surface area contributed by atoms with Crippen LogP contribution in [-0.4, -0.2) is 24.7 Å². The third kappa shape index (κ3) is 6.59. The van der Waals surface area contributed by atoms with Crippen LogP contribution >= 0.6 is 0 Å². The maximum atomic E-state index is 12.4. The molecule has 31 heavy (non-hydrogen) atoms. The predicted molar refractivity (Wildman–Crippen MR) is 123 cm³/mol. The summed E-state index contributed by atoms with van der Waals surface area (Å²) in [5, 5.41) is 13.0. The molecular formula is C26H33NO4. The minimum absolute atomic E-state index is 0.0457. The summed E-state index contributed by atoms with van der Waals surface area (Å²) in [6, 6.07) is 12.9. The number of allylic oxidation sites excluding steroid dienone is 1. The van der Waals surface area contributed by atoms with Gasteiger partial charge in [-0.2, -0.15) is 0 Å². The summed E-state index contributed by atoms with van der Waals surface area (Å²) in [6.07, 6.45) is 8.27. The summed E-state index contributed by atoms with van der Waals surface area (Å²) < 4.78 is 11.3. The van der Waals surface area contributed by atoms with Crippen molar-refractivity contribution >= 4 is 5.91 Å². The Balaban J connectivity index is 1.51. The molecule has 5 heteroatoms. The first-order valence-electron chi connectivity index (χ1n) is 11.1. The Morgan fingerprint density at radius 3 is 2.61 bits per heavy atom. The maximum absolute atomic E-state index is 12.4. The Morgan fingerprint density at radius 1 is 1.13 bits per heavy atom. The van der Waals surface area contributed by atoms with E-state index in [-0.39, 0.29) is 5.91 Å². The van der Waals surface area contributed by atoms with Crippen molar-refractivity contribution < 1.29 is 19.4 Å². The zero-order valence-electron chi connectivity index (χ0n) is 18.5. The molecule has 0 heterocycles. The minimum atomic E-state index is -0.513. The fourth-order valence-corrected chi connectivity index (χ4v) is 3.73. The van der Waals surface area contributed by atoms with Gasteiger partial charge in [-0.05, 0) is 73.9 Å². The summed E-state index contributed by atoms with van der Waals surface area (Å²) in [4.78, 5) is 12.4. The van der Waals surface area contributed by atoms with E-state index in [1.165, 1.54) is 24.8 Å². The van der Waals surface area contributed by atoms with E-state index >= 15 is 0 Å². The predicted octanol–water partition coefficient (Wildman–Crippen LogP) is 5.34. The molecule has 1 aliphatic carbocycles. The summed E-state index contributed by atoms with van der Waals surface area (Å²) in [6.45, 7) is 2.97. The van der Waals surface area contributed by atoms with Crippen LogP contribution in [0.1, 0.15) is 73.0 Å². The second kappa shape index (κ2) is 11.6. The fourth-order valence-electron chi connectivity index (χ4n) is 3.73. The number of carbonyl (C=O) groups is 1. The van der Waals surface area contributed by atoms with E-state index in [9.17, 15) is 9.90 Å². The summed E-state index contributed by atoms with van der Waals surface area (Å²) >= 11 is 0. The number of amides is 1. The van der Waals surface area contributed by atoms with E-state index in [2.05, 4.69) is 11.4 Å². The number of aliphatic hydroxyl groups excluding tert-OH is 1. The second-order valence-electron chi connectivity index (χ2n) is 7.93. The molecule has 3 rings (SSSR count). The Bertz CT molecular complexity index is 889. The number of hydrogen-bond donors (Lipinski definition) is 2. The van der Waals surface area contributed by atoms with Crippen molar-refractivity contribution in [3.63, 3.8) is 0 Å². The van der Waals surface area contributed by atoms with Crippen molar-refractivity contribution in [1.82, 2.24) is 5.32 Å². The van der Waals surface area contributed by atoms with E-state index in [0.29, 0.717) is 36.6 Å². The lowest BCUT2D eigenvalue weighted by atomic mass is 9.97. The summed E-state index contributed by atoms with van der Waals surface area (Å²) in [5.41, 5.74) is 3.88. The molecule has 0 saturated carbocycles. The molecule has 0 bridgehead atoms. The number of rotatable bonds is 10. The van der Waals surface area contributed by atoms with Crippen LogP contribution in [0.4, 0.5) is 0 Å². The number of nitrogens with one attached hydrogen (secondary N) is 1. The van der Waals surface area contributed by atoms with Gasteiger partial charge in [0.05, 0.1) is 13.2 Å². The molecule has 0 radical (unpaired) electrons. The van der Waals surface area contributed by atoms with Crippen LogP contribution < -0.4 is 14.8 Å². The summed E-state index contributed by atoms with van der Waals surface area (Å²) in [5.74, 6) is 1.16. The zero-order chi connectivity index (χ0) is 22.1. The van der Waals surface area contributed by atoms with Crippen LogP contribution in [0.5, 0.6) is 11.5 Å². The Hall–Kier alpha value is -2.79. The smallest absolute Gasteiger partial charge is 0.251 e. The van der Waals surface area contributed by atoms with Crippen LogP contribution in [0.3, 0.4) is 0 Å². The van der Waals surface area contributed by atoms with Crippen molar-refractivity contribution in [3.05, 3.63) is 70.8 Å². The standard InChI is InChI=1S/C26H33NO4/c1-3-23(28)22-13-14-24(25(17-22)30-2)31-18-20-9-11-21(12-10-20)26(29)27-16-15-19-7-5-4-6-8-19/h7,9-14,17,23,28H,3-6,8,15-16,18H2,1-2H3,(H,27,29). The van der Waals surface area contributed by atoms with Gasteiger partial charge < -0.3 is 19.9 Å². The molecular weight excluding hydrogens is 390 g/mol. The van der Waals surface area contributed by atoms with Crippen molar-refractivity contribution in [2.75, 3.05) is 13.7 Å². The SMILES string of the molecule is CCC(O)c1ccc(OCc2ccc(C(=O)NCCC3=CCCCC3)cc2)c(OC)c1. The average molecular weight is 424 g/mol. The van der Waals surface area contributed by atoms with E-state index in [0.717, 1.165) is 24.0 Å². The molecule has 0 saturated heterocycles. The van der Waals surface area contributed by atoms with Gasteiger partial charge in [-0.3, -0.25) is 4.79 Å². The lowest BCUT2D eigenvalue weighted by Gasteiger charge is -2.14. The van der Waals surface area contributed by atoms with Crippen LogP contribution in [0.15, 0.2) is 54.1 Å². The Morgan fingerprint density at radius 2 is 1.94 bits per heavy atom. The van der Waals surface area contributed by atoms with Gasteiger partial charge in [-0.15, -0.1) is 0 Å². The largest absolute Gasteiger partial charge is 0.493 e. The van der Waals surface area contributed by atoms with Gasteiger partial charge >= 0.3 is 0 Å². The monoisotopic (exact) mass is 423 g/mol. The molecule has 2 aromatic carbocycles. The number of aliphatic hydroxyl groups is 1. The zero-order valence-corrected chi connectivity index (χ0v) is 18.5. The van der Waals surface area contributed by atoms with Crippen LogP contribution in [0.2, 0.25) is 0 Å². The van der Waals surface area contributed by atoms with E-state index < -0.39 is 6.10 Å². The lowest BCUT2D eigenvalue weighted by molar-refractivity contribution is 0.0954. The van der Waals surface area contributed by atoms with E-state index in [4.69, 9.17) is 9.47 Å². The molecule has 5 nitrogen and oxygen atoms in total. The molecule has 1 amide bonds. The Labute approximate surface area is 185 Å². The third-order valence-corrected chi connectivity index (χ3v) is 5.69. The highest BCUT2D eigenvalue weighted by atomic mass is 16.5. The molecule has 0 aliphatic heterocycles. The van der Waals surface area contributed by atoms with Crippen LogP contribution in [0.25, 0.3) is 0 Å². The maximum Gasteiger partial charge on any atom is 0.251 e. The van der Waals surface area contributed by atoms with E-state index in [1.807, 2.05) is 43.3 Å². The topological polar surface area (TPSA) is 67.8 Å². The molecule has 0 spiro atoms. The molecule has 0 fully saturated rings. The van der Waals surface area contributed by atoms with Crippen LogP contribution in [0, 0.1) is 0 Å². The molecule has 2 N–H and O–H groups in total. The van der Waals surface area contributed by atoms with Gasteiger partial charge in [0.25, 0.3) is 5.91 Å². The molecule has 1 unspecified atom stereocenters. The number of methoxy groups -OCH3 is 1. The number of carbonyl (C=O) groups excluding carboxylic acids is 1. The van der Waals surface area contributed by atoms with E-state index in [1.54, 1.807) is 13.2 Å². The number of benzene rings is 2. The molecule has 2 aromatic rings. The second-order valence-corrected chi connectivity index (χ2v) is 7.93. The highest BCUT2D eigenvalue weighted by Crippen LogP contribution is 2.31. The van der Waals surface area contributed by atoms with Crippen molar-refractivity contribution in [2.45, 2.75) is 58.2 Å². The number of ether oxygens (including phenoxy) is 2. The average Bonchev–Trinajstić information content (AvgIpc) is 2.83. The van der Waals surface area contributed by atoms with Gasteiger partial charge in [-0.1, -0.05) is 36.8 Å².